The Balaban J connectivity index is 1.74. The molecular weight excluding hydrogens is 284 g/mol. The molecule has 7 heteroatoms. The molecule has 0 spiro atoms. The fourth-order valence-electron chi connectivity index (χ4n) is 1.73. The highest BCUT2D eigenvalue weighted by Crippen LogP contribution is 2.07. The molecule has 2 amide bonds. The fraction of sp³-hybridized carbons (Fsp3) is 0.267. The van der Waals surface area contributed by atoms with Crippen LogP contribution in [0.2, 0.25) is 0 Å². The molecule has 2 aromatic rings. The Hall–Kier alpha value is -2.83. The van der Waals surface area contributed by atoms with E-state index in [9.17, 15) is 9.59 Å². The minimum absolute atomic E-state index is 0.231. The predicted octanol–water partition coefficient (Wildman–Crippen LogP) is 0.900. The lowest BCUT2D eigenvalue weighted by atomic mass is 10.2. The first-order valence-corrected chi connectivity index (χ1v) is 6.81. The number of carbonyl (C=O) groups is 2. The average molecular weight is 302 g/mol. The molecule has 0 bridgehead atoms. The summed E-state index contributed by atoms with van der Waals surface area (Å²) in [6, 6.07) is 6.69. The summed E-state index contributed by atoms with van der Waals surface area (Å²) in [5.74, 6) is 0.485. The van der Waals surface area contributed by atoms with E-state index in [4.69, 9.17) is 4.42 Å². The van der Waals surface area contributed by atoms with Crippen LogP contribution in [0.1, 0.15) is 20.9 Å². The summed E-state index contributed by atoms with van der Waals surface area (Å²) in [4.78, 5) is 29.5. The van der Waals surface area contributed by atoms with Crippen LogP contribution in [0.15, 0.2) is 41.1 Å². The minimum atomic E-state index is -0.309. The zero-order valence-electron chi connectivity index (χ0n) is 12.5. The van der Waals surface area contributed by atoms with Crippen LogP contribution in [0.25, 0.3) is 0 Å². The Labute approximate surface area is 128 Å². The van der Waals surface area contributed by atoms with E-state index in [1.807, 2.05) is 19.0 Å². The van der Waals surface area contributed by atoms with Crippen LogP contribution < -0.4 is 15.5 Å². The van der Waals surface area contributed by atoms with Crippen molar-refractivity contribution >= 4 is 17.6 Å². The van der Waals surface area contributed by atoms with Crippen molar-refractivity contribution in [2.75, 3.05) is 32.1 Å². The van der Waals surface area contributed by atoms with Crippen molar-refractivity contribution in [2.45, 2.75) is 0 Å². The maximum atomic E-state index is 11.9. The van der Waals surface area contributed by atoms with Crippen LogP contribution in [0.5, 0.6) is 0 Å². The van der Waals surface area contributed by atoms with Crippen molar-refractivity contribution in [1.29, 1.82) is 0 Å². The highest BCUT2D eigenvalue weighted by Gasteiger charge is 2.09. The van der Waals surface area contributed by atoms with Crippen molar-refractivity contribution in [1.82, 2.24) is 15.6 Å². The second-order valence-electron chi connectivity index (χ2n) is 4.79. The molecule has 0 aliphatic carbocycles. The largest absolute Gasteiger partial charge is 0.459 e. The Kier molecular flexibility index (Phi) is 5.13. The number of furan rings is 1. The van der Waals surface area contributed by atoms with Crippen LogP contribution in [0, 0.1) is 0 Å². The number of nitrogens with one attached hydrogen (secondary N) is 2. The summed E-state index contributed by atoms with van der Waals surface area (Å²) in [6.07, 6.45) is 2.95. The van der Waals surface area contributed by atoms with Gasteiger partial charge >= 0.3 is 0 Å². The van der Waals surface area contributed by atoms with E-state index in [0.29, 0.717) is 18.7 Å². The number of hydrogen-bond acceptors (Lipinski definition) is 5. The second kappa shape index (κ2) is 7.26. The third kappa shape index (κ3) is 4.08. The highest BCUT2D eigenvalue weighted by molar-refractivity contribution is 5.94. The number of carbonyl (C=O) groups excluding carboxylic acids is 2. The van der Waals surface area contributed by atoms with Crippen molar-refractivity contribution < 1.29 is 14.0 Å². The van der Waals surface area contributed by atoms with Gasteiger partial charge in [0.25, 0.3) is 11.8 Å². The summed E-state index contributed by atoms with van der Waals surface area (Å²) in [5, 5.41) is 5.36. The molecule has 2 aromatic heterocycles. The lowest BCUT2D eigenvalue weighted by molar-refractivity contribution is 0.0910. The number of amides is 2. The van der Waals surface area contributed by atoms with Crippen LogP contribution in [-0.2, 0) is 0 Å². The maximum Gasteiger partial charge on any atom is 0.287 e. The highest BCUT2D eigenvalue weighted by atomic mass is 16.3. The number of hydrogen-bond donors (Lipinski definition) is 2. The molecule has 0 aliphatic heterocycles. The smallest absolute Gasteiger partial charge is 0.287 e. The lowest BCUT2D eigenvalue weighted by Gasteiger charge is -2.11. The molecule has 0 radical (unpaired) electrons. The van der Waals surface area contributed by atoms with Crippen LogP contribution in [0.3, 0.4) is 0 Å². The predicted molar refractivity (Wildman–Crippen MR) is 81.9 cm³/mol. The van der Waals surface area contributed by atoms with Gasteiger partial charge in [0.1, 0.15) is 5.82 Å². The summed E-state index contributed by atoms with van der Waals surface area (Å²) in [5.41, 5.74) is 0.475. The third-order valence-corrected chi connectivity index (χ3v) is 2.91. The molecule has 7 nitrogen and oxygen atoms in total. The molecule has 2 rings (SSSR count). The zero-order valence-corrected chi connectivity index (χ0v) is 12.5. The van der Waals surface area contributed by atoms with E-state index in [0.717, 1.165) is 5.82 Å². The summed E-state index contributed by atoms with van der Waals surface area (Å²) < 4.78 is 4.96. The first kappa shape index (κ1) is 15.6. The molecule has 22 heavy (non-hydrogen) atoms. The van der Waals surface area contributed by atoms with Crippen LogP contribution in [0.4, 0.5) is 5.82 Å². The molecule has 2 N–H and O–H groups in total. The van der Waals surface area contributed by atoms with Crippen LogP contribution >= 0.6 is 0 Å². The minimum Gasteiger partial charge on any atom is -0.459 e. The van der Waals surface area contributed by atoms with Crippen molar-refractivity contribution in [3.05, 3.63) is 48.0 Å². The fourth-order valence-corrected chi connectivity index (χ4v) is 1.73. The standard InChI is InChI=1S/C15H18N4O3/c1-19(2)13-6-5-11(10-18-13)14(20)16-7-8-17-15(21)12-4-3-9-22-12/h3-6,9-10H,7-8H2,1-2H3,(H,16,20)(H,17,21). The van der Waals surface area contributed by atoms with E-state index in [-0.39, 0.29) is 17.6 Å². The molecule has 0 saturated carbocycles. The van der Waals surface area contributed by atoms with Crippen molar-refractivity contribution in [2.24, 2.45) is 0 Å². The molecule has 0 saturated heterocycles. The molecular formula is C15H18N4O3. The number of nitrogens with zero attached hydrogens (tertiary/aromatic N) is 2. The molecule has 2 heterocycles. The SMILES string of the molecule is CN(C)c1ccc(C(=O)NCCNC(=O)c2ccco2)cn1. The number of aromatic nitrogens is 1. The van der Waals surface area contributed by atoms with Crippen molar-refractivity contribution in [3.63, 3.8) is 0 Å². The lowest BCUT2D eigenvalue weighted by Crippen LogP contribution is -2.34. The van der Waals surface area contributed by atoms with Gasteiger partial charge in [-0.2, -0.15) is 0 Å². The van der Waals surface area contributed by atoms with E-state index in [2.05, 4.69) is 15.6 Å². The Morgan fingerprint density at radius 1 is 1.14 bits per heavy atom. The van der Waals surface area contributed by atoms with Gasteiger partial charge in [0, 0.05) is 33.4 Å². The summed E-state index contributed by atoms with van der Waals surface area (Å²) >= 11 is 0. The monoisotopic (exact) mass is 302 g/mol. The van der Waals surface area contributed by atoms with Gasteiger partial charge in [-0.25, -0.2) is 4.98 Å². The van der Waals surface area contributed by atoms with E-state index in [1.165, 1.54) is 12.5 Å². The molecule has 116 valence electrons. The van der Waals surface area contributed by atoms with E-state index < -0.39 is 0 Å². The van der Waals surface area contributed by atoms with Gasteiger partial charge in [-0.05, 0) is 24.3 Å². The van der Waals surface area contributed by atoms with E-state index >= 15 is 0 Å². The first-order valence-electron chi connectivity index (χ1n) is 6.81. The van der Waals surface area contributed by atoms with Gasteiger partial charge in [-0.15, -0.1) is 0 Å². The topological polar surface area (TPSA) is 87.5 Å². The number of anilines is 1. The van der Waals surface area contributed by atoms with Gasteiger partial charge in [0.15, 0.2) is 5.76 Å². The first-order chi connectivity index (χ1) is 10.6. The molecule has 0 unspecified atom stereocenters. The summed E-state index contributed by atoms with van der Waals surface area (Å²) in [7, 11) is 3.76. The number of rotatable bonds is 6. The second-order valence-corrected chi connectivity index (χ2v) is 4.79. The Morgan fingerprint density at radius 3 is 2.41 bits per heavy atom. The van der Waals surface area contributed by atoms with Gasteiger partial charge in [0.2, 0.25) is 0 Å². The zero-order chi connectivity index (χ0) is 15.9. The molecule has 0 fully saturated rings. The normalized spacial score (nSPS) is 10.1. The van der Waals surface area contributed by atoms with Crippen LogP contribution in [-0.4, -0.2) is 44.0 Å². The van der Waals surface area contributed by atoms with Gasteiger partial charge < -0.3 is 20.0 Å². The molecule has 0 aromatic carbocycles. The quantitative estimate of drug-likeness (QED) is 0.774. The van der Waals surface area contributed by atoms with E-state index in [1.54, 1.807) is 24.3 Å². The molecule has 0 aliphatic rings. The summed E-state index contributed by atoms with van der Waals surface area (Å²) in [6.45, 7) is 0.634. The van der Waals surface area contributed by atoms with Gasteiger partial charge in [0.05, 0.1) is 11.8 Å². The average Bonchev–Trinajstić information content (AvgIpc) is 3.05. The molecule has 0 atom stereocenters. The Bertz CT molecular complexity index is 621. The third-order valence-electron chi connectivity index (χ3n) is 2.91. The van der Waals surface area contributed by atoms with Gasteiger partial charge in [-0.1, -0.05) is 0 Å². The Morgan fingerprint density at radius 2 is 1.86 bits per heavy atom. The van der Waals surface area contributed by atoms with Gasteiger partial charge in [-0.3, -0.25) is 9.59 Å². The maximum absolute atomic E-state index is 11.9. The number of pyridine rings is 1. The van der Waals surface area contributed by atoms with Crippen molar-refractivity contribution in [3.8, 4) is 0 Å².